The number of rotatable bonds is 6. The molecule has 0 saturated heterocycles. The van der Waals surface area contributed by atoms with Crippen LogP contribution in [0.5, 0.6) is 0 Å². The third kappa shape index (κ3) is 2.61. The van der Waals surface area contributed by atoms with E-state index in [9.17, 15) is 9.59 Å². The van der Waals surface area contributed by atoms with Crippen LogP contribution >= 0.6 is 0 Å². The lowest BCUT2D eigenvalue weighted by Gasteiger charge is -2.24. The summed E-state index contributed by atoms with van der Waals surface area (Å²) in [5, 5.41) is 8.65. The van der Waals surface area contributed by atoms with Gasteiger partial charge in [-0.3, -0.25) is 14.5 Å². The van der Waals surface area contributed by atoms with Crippen LogP contribution in [0.4, 0.5) is 0 Å². The minimum absolute atomic E-state index is 0.171. The van der Waals surface area contributed by atoms with Gasteiger partial charge in [-0.1, -0.05) is 12.8 Å². The lowest BCUT2D eigenvalue weighted by molar-refractivity contribution is -0.128. The number of carbonyl (C=O) groups is 2. The predicted octanol–water partition coefficient (Wildman–Crippen LogP) is 1.36. The molecule has 0 radical (unpaired) electrons. The van der Waals surface area contributed by atoms with Crippen LogP contribution in [0.2, 0.25) is 0 Å². The smallest absolute Gasteiger partial charge is 0.264 e. The van der Waals surface area contributed by atoms with Crippen molar-refractivity contribution >= 4 is 11.8 Å². The summed E-state index contributed by atoms with van der Waals surface area (Å²) in [5.41, 5.74) is 0.505. The highest BCUT2D eigenvalue weighted by Gasteiger charge is 2.32. The molecule has 0 saturated carbocycles. The van der Waals surface area contributed by atoms with E-state index in [0.717, 1.165) is 25.7 Å². The standard InChI is InChI=1S/C13H17NO4/c15-7-4-2-1-3-6-14-12(16)9-11-10(13(14)17)5-8-18-11/h5,8,15H,1-4,6-7,9H2. The Morgan fingerprint density at radius 1 is 1.22 bits per heavy atom. The number of aliphatic hydroxyl groups is 1. The third-order valence-electron chi connectivity index (χ3n) is 3.12. The average Bonchev–Trinajstić information content (AvgIpc) is 2.80. The Kier molecular flexibility index (Phi) is 4.15. The Labute approximate surface area is 105 Å². The lowest BCUT2D eigenvalue weighted by atomic mass is 10.1. The SMILES string of the molecule is O=C1Cc2occc2C(=O)N1CCCCCCO. The Bertz CT molecular complexity index is 438. The highest BCUT2D eigenvalue weighted by Crippen LogP contribution is 2.21. The van der Waals surface area contributed by atoms with Crippen molar-refractivity contribution in [3.8, 4) is 0 Å². The normalized spacial score (nSPS) is 15.1. The highest BCUT2D eigenvalue weighted by atomic mass is 16.3. The van der Waals surface area contributed by atoms with E-state index in [4.69, 9.17) is 9.52 Å². The number of furan rings is 1. The van der Waals surface area contributed by atoms with Crippen molar-refractivity contribution in [2.24, 2.45) is 0 Å². The van der Waals surface area contributed by atoms with Gasteiger partial charge >= 0.3 is 0 Å². The first-order chi connectivity index (χ1) is 8.74. The second kappa shape index (κ2) is 5.82. The molecule has 1 aromatic heterocycles. The molecule has 1 aromatic rings. The fraction of sp³-hybridized carbons (Fsp3) is 0.538. The number of amides is 2. The second-order valence-corrected chi connectivity index (χ2v) is 4.42. The van der Waals surface area contributed by atoms with Crippen LogP contribution in [0.3, 0.4) is 0 Å². The van der Waals surface area contributed by atoms with Crippen LogP contribution < -0.4 is 0 Å². The molecule has 0 aromatic carbocycles. The zero-order valence-corrected chi connectivity index (χ0v) is 10.2. The zero-order chi connectivity index (χ0) is 13.0. The van der Waals surface area contributed by atoms with Gasteiger partial charge in [0.05, 0.1) is 18.2 Å². The van der Waals surface area contributed by atoms with E-state index in [1.807, 2.05) is 0 Å². The molecular formula is C13H17NO4. The van der Waals surface area contributed by atoms with Crippen LogP contribution in [0.15, 0.2) is 16.7 Å². The zero-order valence-electron chi connectivity index (χ0n) is 10.2. The van der Waals surface area contributed by atoms with E-state index in [-0.39, 0.29) is 24.8 Å². The number of hydrogen-bond donors (Lipinski definition) is 1. The first kappa shape index (κ1) is 12.8. The summed E-state index contributed by atoms with van der Waals surface area (Å²) in [4.78, 5) is 25.1. The molecule has 98 valence electrons. The first-order valence-corrected chi connectivity index (χ1v) is 6.26. The van der Waals surface area contributed by atoms with E-state index < -0.39 is 0 Å². The largest absolute Gasteiger partial charge is 0.468 e. The fourth-order valence-electron chi connectivity index (χ4n) is 2.12. The molecule has 0 fully saturated rings. The van der Waals surface area contributed by atoms with Gasteiger partial charge in [0.25, 0.3) is 5.91 Å². The minimum atomic E-state index is -0.253. The first-order valence-electron chi connectivity index (χ1n) is 6.26. The number of hydrogen-bond acceptors (Lipinski definition) is 4. The van der Waals surface area contributed by atoms with Gasteiger partial charge in [-0.2, -0.15) is 0 Å². The van der Waals surface area contributed by atoms with Gasteiger partial charge in [-0.15, -0.1) is 0 Å². The molecule has 18 heavy (non-hydrogen) atoms. The van der Waals surface area contributed by atoms with Crippen LogP contribution in [0.25, 0.3) is 0 Å². The summed E-state index contributed by atoms with van der Waals surface area (Å²) in [6.07, 6.45) is 5.00. The molecule has 1 aliphatic heterocycles. The van der Waals surface area contributed by atoms with E-state index in [1.165, 1.54) is 11.2 Å². The number of unbranched alkanes of at least 4 members (excludes halogenated alkanes) is 3. The van der Waals surface area contributed by atoms with Crippen molar-refractivity contribution in [2.75, 3.05) is 13.2 Å². The average molecular weight is 251 g/mol. The topological polar surface area (TPSA) is 70.8 Å². The van der Waals surface area contributed by atoms with Crippen LogP contribution in [0.1, 0.15) is 41.8 Å². The van der Waals surface area contributed by atoms with Crippen molar-refractivity contribution in [1.82, 2.24) is 4.90 Å². The van der Waals surface area contributed by atoms with Crippen molar-refractivity contribution in [3.05, 3.63) is 23.7 Å². The van der Waals surface area contributed by atoms with Crippen LogP contribution in [-0.2, 0) is 11.2 Å². The fourth-order valence-corrected chi connectivity index (χ4v) is 2.12. The molecule has 0 bridgehead atoms. The van der Waals surface area contributed by atoms with E-state index in [0.29, 0.717) is 17.9 Å². The number of fused-ring (bicyclic) bond motifs is 1. The maximum atomic E-state index is 12.0. The summed E-state index contributed by atoms with van der Waals surface area (Å²) in [6.45, 7) is 0.646. The Morgan fingerprint density at radius 2 is 2.00 bits per heavy atom. The molecular weight excluding hydrogens is 234 g/mol. The Hall–Kier alpha value is -1.62. The van der Waals surface area contributed by atoms with Crippen molar-refractivity contribution in [3.63, 3.8) is 0 Å². The molecule has 0 atom stereocenters. The number of imide groups is 1. The summed E-state index contributed by atoms with van der Waals surface area (Å²) in [5.74, 6) is 0.0308. The molecule has 0 unspecified atom stereocenters. The molecule has 2 rings (SSSR count). The minimum Gasteiger partial charge on any atom is -0.468 e. The number of aliphatic hydroxyl groups excluding tert-OH is 1. The number of carbonyl (C=O) groups excluding carboxylic acids is 2. The van der Waals surface area contributed by atoms with Gasteiger partial charge < -0.3 is 9.52 Å². The van der Waals surface area contributed by atoms with Gasteiger partial charge in [0.1, 0.15) is 5.76 Å². The molecule has 0 aliphatic carbocycles. The second-order valence-electron chi connectivity index (χ2n) is 4.42. The summed E-state index contributed by atoms with van der Waals surface area (Å²) in [7, 11) is 0. The van der Waals surface area contributed by atoms with Crippen molar-refractivity contribution in [2.45, 2.75) is 32.1 Å². The van der Waals surface area contributed by atoms with Gasteiger partial charge in [-0.05, 0) is 18.9 Å². The summed E-state index contributed by atoms with van der Waals surface area (Å²) >= 11 is 0. The number of nitrogens with zero attached hydrogens (tertiary/aromatic N) is 1. The van der Waals surface area contributed by atoms with Crippen molar-refractivity contribution < 1.29 is 19.1 Å². The van der Waals surface area contributed by atoms with Gasteiger partial charge in [0, 0.05) is 13.2 Å². The maximum Gasteiger partial charge on any atom is 0.264 e. The Morgan fingerprint density at radius 3 is 2.78 bits per heavy atom. The highest BCUT2D eigenvalue weighted by molar-refractivity contribution is 6.09. The Balaban J connectivity index is 1.89. The summed E-state index contributed by atoms with van der Waals surface area (Å²) in [6, 6.07) is 1.61. The molecule has 5 nitrogen and oxygen atoms in total. The molecule has 1 aliphatic rings. The summed E-state index contributed by atoms with van der Waals surface area (Å²) < 4.78 is 5.11. The van der Waals surface area contributed by atoms with Gasteiger partial charge in [0.15, 0.2) is 0 Å². The monoisotopic (exact) mass is 251 g/mol. The van der Waals surface area contributed by atoms with Crippen LogP contribution in [-0.4, -0.2) is 35.0 Å². The van der Waals surface area contributed by atoms with Crippen molar-refractivity contribution in [1.29, 1.82) is 0 Å². The predicted molar refractivity (Wildman–Crippen MR) is 64.0 cm³/mol. The van der Waals surface area contributed by atoms with E-state index in [2.05, 4.69) is 0 Å². The lowest BCUT2D eigenvalue weighted by Crippen LogP contribution is -2.42. The molecule has 1 N–H and O–H groups in total. The van der Waals surface area contributed by atoms with E-state index in [1.54, 1.807) is 6.07 Å². The quantitative estimate of drug-likeness (QED) is 0.612. The molecule has 2 heterocycles. The molecule has 5 heteroatoms. The maximum absolute atomic E-state index is 12.0. The van der Waals surface area contributed by atoms with Gasteiger partial charge in [0.2, 0.25) is 5.91 Å². The molecule has 0 spiro atoms. The molecule has 2 amide bonds. The third-order valence-corrected chi connectivity index (χ3v) is 3.12. The van der Waals surface area contributed by atoms with Crippen LogP contribution in [0, 0.1) is 0 Å². The van der Waals surface area contributed by atoms with Gasteiger partial charge in [-0.25, -0.2) is 0 Å². The van der Waals surface area contributed by atoms with E-state index >= 15 is 0 Å².